The van der Waals surface area contributed by atoms with Gasteiger partial charge in [-0.25, -0.2) is 9.59 Å². The van der Waals surface area contributed by atoms with Crippen molar-refractivity contribution in [3.63, 3.8) is 0 Å². The minimum atomic E-state index is -0.367. The zero-order valence-corrected chi connectivity index (χ0v) is 22.8. The molecule has 2 amide bonds. The van der Waals surface area contributed by atoms with E-state index < -0.39 is 0 Å². The molecule has 1 heterocycles. The summed E-state index contributed by atoms with van der Waals surface area (Å²) >= 11 is 12.3. The van der Waals surface area contributed by atoms with Gasteiger partial charge in [-0.2, -0.15) is 0 Å². The Labute approximate surface area is 233 Å². The number of benzene rings is 3. The molecule has 0 saturated carbocycles. The minimum absolute atomic E-state index is 0.0922. The summed E-state index contributed by atoms with van der Waals surface area (Å²) in [4.78, 5) is 28.5. The van der Waals surface area contributed by atoms with Gasteiger partial charge in [-0.15, -0.1) is 0 Å². The molecule has 3 aromatic carbocycles. The zero-order chi connectivity index (χ0) is 26.9. The number of hydrogen-bond acceptors (Lipinski definition) is 5. The molecule has 1 atom stereocenters. The third-order valence-electron chi connectivity index (χ3n) is 6.54. The number of piperazine rings is 1. The predicted molar refractivity (Wildman–Crippen MR) is 148 cm³/mol. The van der Waals surface area contributed by atoms with Gasteiger partial charge in [0.05, 0.1) is 25.4 Å². The fraction of sp³-hybridized carbons (Fsp3) is 0.310. The third-order valence-corrected chi connectivity index (χ3v) is 7.16. The Bertz CT molecular complexity index is 1210. The highest BCUT2D eigenvalue weighted by molar-refractivity contribution is 6.31. The van der Waals surface area contributed by atoms with Crippen molar-refractivity contribution in [3.05, 3.63) is 105 Å². The van der Waals surface area contributed by atoms with Crippen LogP contribution in [0.15, 0.2) is 72.8 Å². The van der Waals surface area contributed by atoms with Crippen molar-refractivity contribution < 1.29 is 19.1 Å². The van der Waals surface area contributed by atoms with Gasteiger partial charge in [0.1, 0.15) is 0 Å². The molecule has 0 aromatic heterocycles. The molecule has 1 aliphatic heterocycles. The van der Waals surface area contributed by atoms with Gasteiger partial charge in [0, 0.05) is 49.3 Å². The largest absolute Gasteiger partial charge is 0.465 e. The Morgan fingerprint density at radius 3 is 2.26 bits per heavy atom. The Kier molecular flexibility index (Phi) is 10.0. The van der Waals surface area contributed by atoms with Gasteiger partial charge >= 0.3 is 12.0 Å². The van der Waals surface area contributed by atoms with Gasteiger partial charge in [-0.1, -0.05) is 65.7 Å². The first-order valence-corrected chi connectivity index (χ1v) is 13.2. The molecule has 0 unspecified atom stereocenters. The van der Waals surface area contributed by atoms with E-state index in [1.807, 2.05) is 65.6 Å². The molecular weight excluding hydrogens is 525 g/mol. The van der Waals surface area contributed by atoms with Crippen molar-refractivity contribution in [1.29, 1.82) is 0 Å². The maximum Gasteiger partial charge on any atom is 0.337 e. The van der Waals surface area contributed by atoms with E-state index >= 15 is 0 Å². The summed E-state index contributed by atoms with van der Waals surface area (Å²) in [5.41, 5.74) is 3.38. The molecule has 7 nitrogen and oxygen atoms in total. The normalized spacial score (nSPS) is 14.7. The van der Waals surface area contributed by atoms with Gasteiger partial charge in [0.25, 0.3) is 0 Å². The fourth-order valence-corrected chi connectivity index (χ4v) is 4.60. The summed E-state index contributed by atoms with van der Waals surface area (Å²) in [6.45, 7) is 4.18. The Hall–Kier alpha value is -3.10. The molecule has 0 radical (unpaired) electrons. The van der Waals surface area contributed by atoms with Crippen LogP contribution in [0.4, 0.5) is 4.79 Å². The van der Waals surface area contributed by atoms with Gasteiger partial charge in [-0.05, 0) is 47.0 Å². The number of methoxy groups -OCH3 is 1. The molecular formula is C29H31Cl2N3O4. The average molecular weight is 556 g/mol. The minimum Gasteiger partial charge on any atom is -0.465 e. The molecule has 200 valence electrons. The smallest absolute Gasteiger partial charge is 0.337 e. The lowest BCUT2D eigenvalue weighted by Crippen LogP contribution is -2.52. The number of halogens is 2. The van der Waals surface area contributed by atoms with Crippen LogP contribution in [0.25, 0.3) is 0 Å². The van der Waals surface area contributed by atoms with E-state index in [1.165, 1.54) is 7.11 Å². The van der Waals surface area contributed by atoms with Crippen molar-refractivity contribution in [2.75, 3.05) is 39.8 Å². The number of esters is 1. The predicted octanol–water partition coefficient (Wildman–Crippen LogP) is 5.57. The number of carbonyl (C=O) groups is 2. The third kappa shape index (κ3) is 7.71. The molecule has 1 aliphatic rings. The quantitative estimate of drug-likeness (QED) is 0.350. The Morgan fingerprint density at radius 2 is 1.61 bits per heavy atom. The van der Waals surface area contributed by atoms with Gasteiger partial charge in [-0.3, -0.25) is 4.90 Å². The molecule has 38 heavy (non-hydrogen) atoms. The van der Waals surface area contributed by atoms with E-state index in [1.54, 1.807) is 12.1 Å². The van der Waals surface area contributed by atoms with Crippen LogP contribution in [0, 0.1) is 0 Å². The fourth-order valence-electron chi connectivity index (χ4n) is 4.28. The molecule has 0 aliphatic carbocycles. The first-order valence-electron chi connectivity index (χ1n) is 12.5. The van der Waals surface area contributed by atoms with Crippen LogP contribution in [0.3, 0.4) is 0 Å². The summed E-state index contributed by atoms with van der Waals surface area (Å²) < 4.78 is 11.1. The Balaban J connectivity index is 1.32. The van der Waals surface area contributed by atoms with E-state index in [2.05, 4.69) is 10.2 Å². The van der Waals surface area contributed by atoms with Crippen LogP contribution in [-0.4, -0.2) is 61.6 Å². The number of urea groups is 1. The van der Waals surface area contributed by atoms with E-state index in [0.717, 1.165) is 29.8 Å². The maximum absolute atomic E-state index is 12.7. The van der Waals surface area contributed by atoms with Crippen molar-refractivity contribution in [2.45, 2.75) is 19.3 Å². The molecule has 4 rings (SSSR count). The number of rotatable bonds is 9. The average Bonchev–Trinajstić information content (AvgIpc) is 2.95. The summed E-state index contributed by atoms with van der Waals surface area (Å²) in [7, 11) is 1.36. The Morgan fingerprint density at radius 1 is 0.921 bits per heavy atom. The van der Waals surface area contributed by atoms with Crippen molar-refractivity contribution >= 4 is 35.2 Å². The topological polar surface area (TPSA) is 71.1 Å². The summed E-state index contributed by atoms with van der Waals surface area (Å²) in [6, 6.07) is 22.3. The van der Waals surface area contributed by atoms with E-state index in [0.29, 0.717) is 48.4 Å². The molecule has 0 spiro atoms. The van der Waals surface area contributed by atoms with Gasteiger partial charge < -0.3 is 19.7 Å². The second-order valence-electron chi connectivity index (χ2n) is 9.08. The number of ether oxygens (including phenoxy) is 2. The molecule has 9 heteroatoms. The standard InChI is InChI=1S/C29H31Cl2N3O4/c1-37-28(35)23-8-6-21(7-9-23)20-38-27(22-10-12-25(30)13-11-22)19-33-14-16-34(17-15-33)29(36)32-18-24-4-2-3-5-26(24)31/h2-13,27H,14-20H2,1H3,(H,32,36)/t27-/m0/s1. The van der Waals surface area contributed by atoms with Crippen molar-refractivity contribution in [3.8, 4) is 0 Å². The first-order chi connectivity index (χ1) is 18.4. The molecule has 0 bridgehead atoms. The monoisotopic (exact) mass is 555 g/mol. The summed E-state index contributed by atoms with van der Waals surface area (Å²) in [6.07, 6.45) is -0.187. The SMILES string of the molecule is COC(=O)c1ccc(CO[C@@H](CN2CCN(C(=O)NCc3ccccc3Cl)CC2)c2ccc(Cl)cc2)cc1. The van der Waals surface area contributed by atoms with E-state index in [4.69, 9.17) is 32.7 Å². The lowest BCUT2D eigenvalue weighted by molar-refractivity contribution is 0.00554. The lowest BCUT2D eigenvalue weighted by Gasteiger charge is -2.36. The lowest BCUT2D eigenvalue weighted by atomic mass is 10.1. The molecule has 1 N–H and O–H groups in total. The maximum atomic E-state index is 12.7. The first kappa shape index (κ1) is 27.9. The summed E-state index contributed by atoms with van der Waals surface area (Å²) in [5.74, 6) is -0.367. The molecule has 3 aromatic rings. The highest BCUT2D eigenvalue weighted by atomic mass is 35.5. The van der Waals surface area contributed by atoms with Crippen LogP contribution in [0.5, 0.6) is 0 Å². The van der Waals surface area contributed by atoms with E-state index in [9.17, 15) is 9.59 Å². The second-order valence-corrected chi connectivity index (χ2v) is 9.92. The number of carbonyl (C=O) groups excluding carboxylic acids is 2. The number of nitrogens with zero attached hydrogens (tertiary/aromatic N) is 2. The van der Waals surface area contributed by atoms with Crippen molar-refractivity contribution in [1.82, 2.24) is 15.1 Å². The number of hydrogen-bond donors (Lipinski definition) is 1. The highest BCUT2D eigenvalue weighted by Crippen LogP contribution is 2.24. The van der Waals surface area contributed by atoms with E-state index in [-0.39, 0.29) is 18.1 Å². The molecule has 1 fully saturated rings. The number of nitrogens with one attached hydrogen (secondary N) is 1. The van der Waals surface area contributed by atoms with Gasteiger partial charge in [0.2, 0.25) is 0 Å². The van der Waals surface area contributed by atoms with Crippen LogP contribution < -0.4 is 5.32 Å². The molecule has 1 saturated heterocycles. The number of amides is 2. The highest BCUT2D eigenvalue weighted by Gasteiger charge is 2.24. The zero-order valence-electron chi connectivity index (χ0n) is 21.2. The van der Waals surface area contributed by atoms with Crippen LogP contribution in [-0.2, 0) is 22.6 Å². The summed E-state index contributed by atoms with van der Waals surface area (Å²) in [5, 5.41) is 4.28. The van der Waals surface area contributed by atoms with Gasteiger partial charge in [0.15, 0.2) is 0 Å². The van der Waals surface area contributed by atoms with Crippen molar-refractivity contribution in [2.24, 2.45) is 0 Å². The van der Waals surface area contributed by atoms with Crippen LogP contribution in [0.2, 0.25) is 10.0 Å². The van der Waals surface area contributed by atoms with Crippen LogP contribution >= 0.6 is 23.2 Å². The van der Waals surface area contributed by atoms with Crippen LogP contribution in [0.1, 0.15) is 33.2 Å². The second kappa shape index (κ2) is 13.6.